The molecule has 9 nitrogen and oxygen atoms in total. The smallest absolute Gasteiger partial charge is 0.272 e. The fraction of sp³-hybridized carbons (Fsp3) is 0.0732. The molecule has 0 spiro atoms. The van der Waals surface area contributed by atoms with E-state index in [1.807, 2.05) is 60.0 Å². The highest BCUT2D eigenvalue weighted by molar-refractivity contribution is 8.00. The molecule has 0 fully saturated rings. The zero-order valence-electron chi connectivity index (χ0n) is 28.5. The third-order valence-electron chi connectivity index (χ3n) is 7.85. The summed E-state index contributed by atoms with van der Waals surface area (Å²) in [6, 6.07) is 37.7. The molecule has 1 atom stereocenters. The third kappa shape index (κ3) is 9.72. The molecule has 1 unspecified atom stereocenters. The number of methoxy groups -OCH3 is 2. The van der Waals surface area contributed by atoms with Crippen LogP contribution in [0.3, 0.4) is 0 Å². The van der Waals surface area contributed by atoms with Crippen molar-refractivity contribution in [1.82, 2.24) is 10.3 Å². The molecule has 0 aliphatic heterocycles. The monoisotopic (exact) mass is 760 g/mol. The lowest BCUT2D eigenvalue weighted by molar-refractivity contribution is -0.116. The summed E-state index contributed by atoms with van der Waals surface area (Å²) in [7, 11) is 3.06. The molecule has 6 aromatic rings. The van der Waals surface area contributed by atoms with Crippen LogP contribution in [-0.4, -0.2) is 36.9 Å². The van der Waals surface area contributed by atoms with Crippen LogP contribution in [0.2, 0.25) is 5.02 Å². The number of thioether (sulfide) groups is 1. The topological polar surface area (TPSA) is 119 Å². The molecule has 0 saturated carbocycles. The Hall–Kier alpha value is -5.88. The van der Waals surface area contributed by atoms with Crippen molar-refractivity contribution in [2.24, 2.45) is 0 Å². The van der Waals surface area contributed by atoms with Gasteiger partial charge < -0.3 is 25.4 Å². The second-order valence-corrected chi connectivity index (χ2v) is 13.9. The predicted octanol–water partition coefficient (Wildman–Crippen LogP) is 9.36. The highest BCUT2D eigenvalue weighted by Gasteiger charge is 2.24. The van der Waals surface area contributed by atoms with Crippen LogP contribution in [-0.2, 0) is 9.59 Å². The van der Waals surface area contributed by atoms with Crippen LogP contribution >= 0.6 is 34.7 Å². The van der Waals surface area contributed by atoms with Crippen LogP contribution in [0, 0.1) is 0 Å². The van der Waals surface area contributed by atoms with Gasteiger partial charge in [0, 0.05) is 37.7 Å². The number of thiazole rings is 1. The number of amides is 3. The number of hydrogen-bond donors (Lipinski definition) is 3. The lowest BCUT2D eigenvalue weighted by Gasteiger charge is -2.17. The number of carbonyl (C=O) groups excluding carboxylic acids is 3. The molecule has 0 saturated heterocycles. The second kappa shape index (κ2) is 17.6. The quantitative estimate of drug-likeness (QED) is 0.0793. The summed E-state index contributed by atoms with van der Waals surface area (Å²) in [5, 5.41) is 11.0. The van der Waals surface area contributed by atoms with E-state index in [2.05, 4.69) is 20.9 Å². The van der Waals surface area contributed by atoms with Crippen molar-refractivity contribution in [2.75, 3.05) is 24.9 Å². The number of halogens is 1. The number of ether oxygens (including phenoxy) is 2. The molecular weight excluding hydrogens is 728 g/mol. The van der Waals surface area contributed by atoms with Gasteiger partial charge in [0.2, 0.25) is 5.91 Å². The highest BCUT2D eigenvalue weighted by atomic mass is 35.5. The number of anilines is 2. The Labute approximate surface area is 320 Å². The van der Waals surface area contributed by atoms with Gasteiger partial charge in [-0.25, -0.2) is 4.98 Å². The van der Waals surface area contributed by atoms with E-state index in [0.29, 0.717) is 38.5 Å². The molecule has 0 bridgehead atoms. The normalized spacial score (nSPS) is 11.6. The summed E-state index contributed by atoms with van der Waals surface area (Å²) < 4.78 is 10.9. The number of nitrogens with zero attached hydrogens (tertiary/aromatic N) is 1. The maximum Gasteiger partial charge on any atom is 0.272 e. The molecule has 5 aromatic carbocycles. The summed E-state index contributed by atoms with van der Waals surface area (Å²) in [5.41, 5.74) is 3.84. The SMILES string of the molecule is COc1ccc(OC)c(/C=C(\NC(=O)c2ccccc2)C(=O)Nc2ccc(SC(C(=O)Nc3nc(-c4ccc(Cl)cc4)cs3)c3ccccc3)cc2)c1. The van der Waals surface area contributed by atoms with E-state index in [9.17, 15) is 14.4 Å². The third-order valence-corrected chi connectivity index (χ3v) is 10.1. The second-order valence-electron chi connectivity index (χ2n) is 11.4. The first kappa shape index (κ1) is 36.9. The first-order valence-corrected chi connectivity index (χ1v) is 18.4. The number of carbonyl (C=O) groups is 3. The van der Waals surface area contributed by atoms with E-state index in [1.165, 1.54) is 43.4 Å². The summed E-state index contributed by atoms with van der Waals surface area (Å²) in [6.45, 7) is 0. The summed E-state index contributed by atoms with van der Waals surface area (Å²) in [4.78, 5) is 46.0. The first-order chi connectivity index (χ1) is 25.8. The van der Waals surface area contributed by atoms with E-state index in [4.69, 9.17) is 21.1 Å². The molecule has 1 heterocycles. The Balaban J connectivity index is 1.19. The molecule has 1 aromatic heterocycles. The maximum atomic E-state index is 13.7. The molecule has 6 rings (SSSR count). The van der Waals surface area contributed by atoms with Gasteiger partial charge in [-0.3, -0.25) is 14.4 Å². The van der Waals surface area contributed by atoms with Gasteiger partial charge in [-0.2, -0.15) is 0 Å². The molecule has 266 valence electrons. The van der Waals surface area contributed by atoms with Crippen molar-refractivity contribution >= 4 is 69.3 Å². The van der Waals surface area contributed by atoms with Gasteiger partial charge in [0.1, 0.15) is 22.4 Å². The summed E-state index contributed by atoms with van der Waals surface area (Å²) >= 11 is 8.75. The molecule has 0 radical (unpaired) electrons. The average Bonchev–Trinajstić information content (AvgIpc) is 3.66. The van der Waals surface area contributed by atoms with E-state index in [-0.39, 0.29) is 11.6 Å². The lowest BCUT2D eigenvalue weighted by Crippen LogP contribution is -2.30. The van der Waals surface area contributed by atoms with Crippen molar-refractivity contribution in [3.05, 3.63) is 160 Å². The summed E-state index contributed by atoms with van der Waals surface area (Å²) in [5.74, 6) is -0.198. The maximum absolute atomic E-state index is 13.7. The number of rotatable bonds is 13. The van der Waals surface area contributed by atoms with Gasteiger partial charge in [-0.15, -0.1) is 23.1 Å². The number of nitrogens with one attached hydrogen (secondary N) is 3. The van der Waals surface area contributed by atoms with Crippen LogP contribution in [0.1, 0.15) is 26.7 Å². The van der Waals surface area contributed by atoms with Crippen LogP contribution in [0.25, 0.3) is 17.3 Å². The fourth-order valence-electron chi connectivity index (χ4n) is 5.16. The minimum atomic E-state index is -0.597. The van der Waals surface area contributed by atoms with Crippen molar-refractivity contribution in [1.29, 1.82) is 0 Å². The minimum Gasteiger partial charge on any atom is -0.497 e. The minimum absolute atomic E-state index is 0.00826. The van der Waals surface area contributed by atoms with Gasteiger partial charge >= 0.3 is 0 Å². The Bertz CT molecular complexity index is 2230. The van der Waals surface area contributed by atoms with Crippen molar-refractivity contribution in [3.63, 3.8) is 0 Å². The molecule has 53 heavy (non-hydrogen) atoms. The average molecular weight is 761 g/mol. The Morgan fingerprint density at radius 3 is 2.19 bits per heavy atom. The molecule has 0 aliphatic carbocycles. The van der Waals surface area contributed by atoms with E-state index < -0.39 is 17.1 Å². The standard InChI is InChI=1S/C41H33ClN4O5S2/c1-50-32-19-22-36(51-2)29(23-32)24-34(44-38(47)28-11-7-4-8-12-28)39(48)43-31-17-20-33(21-18-31)53-37(27-9-5-3-6-10-27)40(49)46-41-45-35(25-52-41)26-13-15-30(42)16-14-26/h3-25,37H,1-2H3,(H,43,48)(H,44,47)(H,45,46,49)/b34-24-. The van der Waals surface area contributed by atoms with Gasteiger partial charge in [0.15, 0.2) is 5.13 Å². The van der Waals surface area contributed by atoms with Gasteiger partial charge in [-0.05, 0) is 78.4 Å². The molecule has 3 amide bonds. The highest BCUT2D eigenvalue weighted by Crippen LogP contribution is 2.37. The van der Waals surface area contributed by atoms with E-state index >= 15 is 0 Å². The Kier molecular flexibility index (Phi) is 12.2. The predicted molar refractivity (Wildman–Crippen MR) is 213 cm³/mol. The van der Waals surface area contributed by atoms with Crippen LogP contribution in [0.5, 0.6) is 11.5 Å². The largest absolute Gasteiger partial charge is 0.497 e. The summed E-state index contributed by atoms with van der Waals surface area (Å²) in [6.07, 6.45) is 1.53. The molecule has 3 N–H and O–H groups in total. The van der Waals surface area contributed by atoms with E-state index in [0.717, 1.165) is 21.7 Å². The lowest BCUT2D eigenvalue weighted by atomic mass is 10.1. The van der Waals surface area contributed by atoms with Gasteiger partial charge in [0.25, 0.3) is 11.8 Å². The van der Waals surface area contributed by atoms with Crippen LogP contribution < -0.4 is 25.4 Å². The van der Waals surface area contributed by atoms with Gasteiger partial charge in [-0.1, -0.05) is 72.3 Å². The number of aromatic nitrogens is 1. The first-order valence-electron chi connectivity index (χ1n) is 16.2. The van der Waals surface area contributed by atoms with Crippen LogP contribution in [0.15, 0.2) is 143 Å². The molecule has 12 heteroatoms. The Morgan fingerprint density at radius 1 is 0.811 bits per heavy atom. The van der Waals surface area contributed by atoms with E-state index in [1.54, 1.807) is 72.8 Å². The van der Waals surface area contributed by atoms with Crippen molar-refractivity contribution in [2.45, 2.75) is 10.1 Å². The van der Waals surface area contributed by atoms with Gasteiger partial charge in [0.05, 0.1) is 19.9 Å². The number of hydrogen-bond acceptors (Lipinski definition) is 8. The zero-order chi connectivity index (χ0) is 37.2. The Morgan fingerprint density at radius 2 is 1.51 bits per heavy atom. The number of benzene rings is 5. The zero-order valence-corrected chi connectivity index (χ0v) is 30.9. The fourth-order valence-corrected chi connectivity index (χ4v) is 7.03. The van der Waals surface area contributed by atoms with Crippen molar-refractivity contribution in [3.8, 4) is 22.8 Å². The van der Waals surface area contributed by atoms with Crippen molar-refractivity contribution < 1.29 is 23.9 Å². The van der Waals surface area contributed by atoms with Crippen LogP contribution in [0.4, 0.5) is 10.8 Å². The molecule has 0 aliphatic rings. The molecular formula is C41H33ClN4O5S2.